The third kappa shape index (κ3) is 3.85. The zero-order valence-electron chi connectivity index (χ0n) is 15.5. The summed E-state index contributed by atoms with van der Waals surface area (Å²) in [5.41, 5.74) is 1.44. The summed E-state index contributed by atoms with van der Waals surface area (Å²) >= 11 is 6.34. The van der Waals surface area contributed by atoms with Crippen molar-refractivity contribution in [2.45, 2.75) is 17.7 Å². The average Bonchev–Trinajstić information content (AvgIpc) is 3.38. The lowest BCUT2D eigenvalue weighted by atomic mass is 10.2. The molecule has 4 rings (SSSR count). The molecule has 0 amide bonds. The topological polar surface area (TPSA) is 97.7 Å². The number of aromatic nitrogens is 5. The lowest BCUT2D eigenvalue weighted by Gasteiger charge is -2.10. The van der Waals surface area contributed by atoms with Gasteiger partial charge in [-0.3, -0.25) is 4.72 Å². The monoisotopic (exact) mass is 452 g/mol. The fourth-order valence-electron chi connectivity index (χ4n) is 2.97. The highest BCUT2D eigenvalue weighted by Gasteiger charge is 2.18. The minimum absolute atomic E-state index is 0.00326. The summed E-state index contributed by atoms with van der Waals surface area (Å²) in [6.07, 6.45) is 3.09. The molecule has 3 aromatic heterocycles. The van der Waals surface area contributed by atoms with Crippen LogP contribution < -0.4 is 9.46 Å². The summed E-state index contributed by atoms with van der Waals surface area (Å²) in [6.45, 7) is 0. The SMILES string of the molecule is COc1nc(NS(=O)c2c[nH]c3c(-n4cccn4)c(Cl)ccc23)ncc1CC(F)F. The van der Waals surface area contributed by atoms with Gasteiger partial charge >= 0.3 is 0 Å². The molecule has 0 aliphatic rings. The van der Waals surface area contributed by atoms with Crippen LogP contribution in [0.1, 0.15) is 5.56 Å². The summed E-state index contributed by atoms with van der Waals surface area (Å²) in [7, 11) is -0.432. The van der Waals surface area contributed by atoms with Crippen molar-refractivity contribution in [3.63, 3.8) is 0 Å². The molecule has 0 spiro atoms. The second-order valence-corrected chi connectivity index (χ2v) is 7.70. The van der Waals surface area contributed by atoms with E-state index in [0.717, 1.165) is 0 Å². The maximum atomic E-state index is 12.9. The molecule has 8 nitrogen and oxygen atoms in total. The Morgan fingerprint density at radius 2 is 2.23 bits per heavy atom. The summed E-state index contributed by atoms with van der Waals surface area (Å²) in [4.78, 5) is 11.5. The second kappa shape index (κ2) is 8.36. The van der Waals surface area contributed by atoms with E-state index in [9.17, 15) is 13.0 Å². The molecule has 30 heavy (non-hydrogen) atoms. The molecule has 0 aliphatic carbocycles. The normalized spacial score (nSPS) is 12.4. The number of H-pyrrole nitrogens is 1. The summed E-state index contributed by atoms with van der Waals surface area (Å²) in [5.74, 6) is -0.0183. The number of halogens is 3. The third-order valence-electron chi connectivity index (χ3n) is 4.25. The summed E-state index contributed by atoms with van der Waals surface area (Å²) < 4.78 is 47.5. The van der Waals surface area contributed by atoms with E-state index in [1.807, 2.05) is 0 Å². The number of ether oxygens (including phenoxy) is 1. The summed E-state index contributed by atoms with van der Waals surface area (Å²) in [6, 6.07) is 5.19. The van der Waals surface area contributed by atoms with Gasteiger partial charge in [0.2, 0.25) is 18.3 Å². The molecule has 156 valence electrons. The van der Waals surface area contributed by atoms with Crippen LogP contribution in [-0.4, -0.2) is 42.5 Å². The van der Waals surface area contributed by atoms with Crippen molar-refractivity contribution in [2.24, 2.45) is 0 Å². The molecule has 3 heterocycles. The van der Waals surface area contributed by atoms with E-state index in [4.69, 9.17) is 16.3 Å². The van der Waals surface area contributed by atoms with Crippen molar-refractivity contribution < 1.29 is 17.7 Å². The van der Waals surface area contributed by atoms with Gasteiger partial charge in [0.25, 0.3) is 0 Å². The van der Waals surface area contributed by atoms with E-state index in [-0.39, 0.29) is 17.4 Å². The number of anilines is 1. The maximum Gasteiger partial charge on any atom is 0.242 e. The zero-order valence-corrected chi connectivity index (χ0v) is 17.0. The predicted molar refractivity (Wildman–Crippen MR) is 109 cm³/mol. The highest BCUT2D eigenvalue weighted by atomic mass is 35.5. The number of benzene rings is 1. The molecule has 0 bridgehead atoms. The van der Waals surface area contributed by atoms with Crippen LogP contribution in [0.3, 0.4) is 0 Å². The molecule has 0 saturated carbocycles. The molecule has 0 fully saturated rings. The highest BCUT2D eigenvalue weighted by molar-refractivity contribution is 7.86. The van der Waals surface area contributed by atoms with Crippen molar-refractivity contribution in [1.82, 2.24) is 24.7 Å². The van der Waals surface area contributed by atoms with Crippen LogP contribution in [0, 0.1) is 0 Å². The fraction of sp³-hybridized carbons (Fsp3) is 0.167. The minimum atomic E-state index is -2.56. The Hall–Kier alpha value is -3.05. The molecular formula is C18H15ClF2N6O2S. The van der Waals surface area contributed by atoms with Gasteiger partial charge in [0.05, 0.1) is 22.5 Å². The van der Waals surface area contributed by atoms with Crippen LogP contribution in [0.4, 0.5) is 14.7 Å². The Morgan fingerprint density at radius 1 is 1.40 bits per heavy atom. The van der Waals surface area contributed by atoms with E-state index >= 15 is 0 Å². The number of hydrogen-bond donors (Lipinski definition) is 2. The Labute approximate surface area is 176 Å². The standard InChI is InChI=1S/C18H15ClF2N6O2S/c1-29-17-10(7-14(20)21)8-23-18(25-17)26-30(28)13-9-22-15-11(13)3-4-12(19)16(15)27-6-2-5-24-27/h2-6,8-9,14,22H,7H2,1H3,(H,23,25,26). The Balaban J connectivity index is 1.65. The Kier molecular flexibility index (Phi) is 5.64. The van der Waals surface area contributed by atoms with Gasteiger partial charge in [0.1, 0.15) is 5.69 Å². The molecule has 0 radical (unpaired) electrons. The lowest BCUT2D eigenvalue weighted by Crippen LogP contribution is -2.10. The number of hydrogen-bond acceptors (Lipinski definition) is 5. The Bertz CT molecular complexity index is 1220. The lowest BCUT2D eigenvalue weighted by molar-refractivity contribution is 0.147. The zero-order chi connectivity index (χ0) is 21.3. The van der Waals surface area contributed by atoms with Crippen LogP contribution in [0.25, 0.3) is 16.6 Å². The van der Waals surface area contributed by atoms with E-state index < -0.39 is 23.8 Å². The molecular weight excluding hydrogens is 438 g/mol. The quantitative estimate of drug-likeness (QED) is 0.445. The van der Waals surface area contributed by atoms with E-state index in [1.165, 1.54) is 13.3 Å². The third-order valence-corrected chi connectivity index (χ3v) is 5.66. The Morgan fingerprint density at radius 3 is 2.93 bits per heavy atom. The average molecular weight is 453 g/mol. The van der Waals surface area contributed by atoms with E-state index in [0.29, 0.717) is 26.5 Å². The van der Waals surface area contributed by atoms with Crippen LogP contribution in [0.15, 0.2) is 47.9 Å². The number of rotatable bonds is 7. The first-order chi connectivity index (χ1) is 14.5. The number of fused-ring (bicyclic) bond motifs is 1. The number of aromatic amines is 1. The van der Waals surface area contributed by atoms with Crippen molar-refractivity contribution in [2.75, 3.05) is 11.8 Å². The minimum Gasteiger partial charge on any atom is -0.481 e. The number of nitrogens with zero attached hydrogens (tertiary/aromatic N) is 4. The molecule has 0 aliphatic heterocycles. The van der Waals surface area contributed by atoms with Gasteiger partial charge in [-0.05, 0) is 18.2 Å². The van der Waals surface area contributed by atoms with E-state index in [2.05, 4.69) is 24.8 Å². The van der Waals surface area contributed by atoms with Crippen LogP contribution in [0.2, 0.25) is 5.02 Å². The van der Waals surface area contributed by atoms with Gasteiger partial charge in [-0.15, -0.1) is 0 Å². The smallest absolute Gasteiger partial charge is 0.242 e. The molecule has 4 aromatic rings. The first-order valence-corrected chi connectivity index (χ1v) is 10.2. The van der Waals surface area contributed by atoms with Crippen molar-refractivity contribution >= 4 is 39.4 Å². The molecule has 0 saturated heterocycles. The van der Waals surface area contributed by atoms with Gasteiger partial charge in [-0.2, -0.15) is 10.1 Å². The van der Waals surface area contributed by atoms with Crippen molar-refractivity contribution in [1.29, 1.82) is 0 Å². The number of nitrogens with one attached hydrogen (secondary N) is 2. The first kappa shape index (κ1) is 20.2. The highest BCUT2D eigenvalue weighted by Crippen LogP contribution is 2.32. The van der Waals surface area contributed by atoms with Gasteiger partial charge in [0, 0.05) is 42.2 Å². The molecule has 2 N–H and O–H groups in total. The molecule has 12 heteroatoms. The van der Waals surface area contributed by atoms with Crippen molar-refractivity contribution in [3.05, 3.63) is 53.6 Å². The van der Waals surface area contributed by atoms with Crippen molar-refractivity contribution in [3.8, 4) is 11.6 Å². The molecule has 1 atom stereocenters. The second-order valence-electron chi connectivity index (χ2n) is 6.12. The molecule has 1 aromatic carbocycles. The van der Waals surface area contributed by atoms with Crippen LogP contribution in [0.5, 0.6) is 5.88 Å². The maximum absolute atomic E-state index is 12.9. The van der Waals surface area contributed by atoms with Gasteiger partial charge in [0.15, 0.2) is 11.0 Å². The van der Waals surface area contributed by atoms with Crippen LogP contribution in [-0.2, 0) is 17.4 Å². The number of methoxy groups -OCH3 is 1. The fourth-order valence-corrected chi connectivity index (χ4v) is 4.13. The predicted octanol–water partition coefficient (Wildman–Crippen LogP) is 3.75. The number of alkyl halides is 2. The first-order valence-electron chi connectivity index (χ1n) is 8.64. The van der Waals surface area contributed by atoms with Gasteiger partial charge in [-0.1, -0.05) is 11.6 Å². The van der Waals surface area contributed by atoms with Crippen LogP contribution >= 0.6 is 11.6 Å². The van der Waals surface area contributed by atoms with Gasteiger partial charge < -0.3 is 9.72 Å². The van der Waals surface area contributed by atoms with E-state index in [1.54, 1.807) is 41.5 Å². The summed E-state index contributed by atoms with van der Waals surface area (Å²) in [5, 5.41) is 5.34. The largest absolute Gasteiger partial charge is 0.481 e. The molecule has 1 unspecified atom stereocenters. The van der Waals surface area contributed by atoms with Gasteiger partial charge in [-0.25, -0.2) is 22.7 Å².